The van der Waals surface area contributed by atoms with Gasteiger partial charge in [0.1, 0.15) is 5.76 Å². The van der Waals surface area contributed by atoms with Gasteiger partial charge in [0, 0.05) is 11.8 Å². The van der Waals surface area contributed by atoms with Crippen LogP contribution in [0.25, 0.3) is 5.57 Å². The first-order chi connectivity index (χ1) is 10.5. The molecular weight excluding hydrogens is 272 g/mol. The predicted octanol–water partition coefficient (Wildman–Crippen LogP) is 4.55. The maximum atomic E-state index is 12.9. The van der Waals surface area contributed by atoms with Crippen LogP contribution in [0.1, 0.15) is 48.9 Å². The van der Waals surface area contributed by atoms with Gasteiger partial charge in [0.05, 0.1) is 5.57 Å². The Hall–Kier alpha value is -1.83. The first-order valence-electron chi connectivity index (χ1n) is 8.24. The molecular formula is C20H24O2. The molecule has 0 aromatic heterocycles. The fourth-order valence-corrected chi connectivity index (χ4v) is 4.12. The molecule has 0 spiro atoms. The number of carbonyl (C=O) groups excluding carboxylic acids is 1. The summed E-state index contributed by atoms with van der Waals surface area (Å²) < 4.78 is 0. The average molecular weight is 296 g/mol. The van der Waals surface area contributed by atoms with E-state index in [0.29, 0.717) is 11.3 Å². The average Bonchev–Trinajstić information content (AvgIpc) is 2.98. The van der Waals surface area contributed by atoms with Crippen LogP contribution >= 0.6 is 0 Å². The fourth-order valence-electron chi connectivity index (χ4n) is 4.12. The summed E-state index contributed by atoms with van der Waals surface area (Å²) >= 11 is 0. The Morgan fingerprint density at radius 2 is 1.68 bits per heavy atom. The van der Waals surface area contributed by atoms with Crippen molar-refractivity contribution >= 4 is 11.4 Å². The number of ketones is 1. The molecule has 0 bridgehead atoms. The minimum Gasteiger partial charge on any atom is -0.511 e. The highest BCUT2D eigenvalue weighted by Crippen LogP contribution is 2.49. The van der Waals surface area contributed by atoms with E-state index in [4.69, 9.17) is 0 Å². The molecule has 0 radical (unpaired) electrons. The molecule has 2 heteroatoms. The SMILES string of the molecule is C=C1CC2C(=O)C(c3c(CC)cc(C)cc3CC)=C(O)C2C1. The topological polar surface area (TPSA) is 37.3 Å². The standard InChI is InChI=1S/C20H24O2/c1-5-13-7-11(3)8-14(6-2)17(13)18-19(21)15-9-12(4)10-16(15)20(18)22/h7-8,15-16,21H,4-6,9-10H2,1-3H3. The Labute approximate surface area is 132 Å². The van der Waals surface area contributed by atoms with E-state index in [2.05, 4.69) is 39.5 Å². The van der Waals surface area contributed by atoms with E-state index < -0.39 is 0 Å². The second kappa shape index (κ2) is 5.42. The summed E-state index contributed by atoms with van der Waals surface area (Å²) in [5.41, 5.74) is 6.24. The number of benzene rings is 1. The Balaban J connectivity index is 2.19. The third-order valence-corrected chi connectivity index (χ3v) is 5.15. The number of carbonyl (C=O) groups is 1. The van der Waals surface area contributed by atoms with Crippen molar-refractivity contribution in [3.05, 3.63) is 52.3 Å². The van der Waals surface area contributed by atoms with Gasteiger partial charge >= 0.3 is 0 Å². The second-order valence-corrected chi connectivity index (χ2v) is 6.66. The van der Waals surface area contributed by atoms with Crippen LogP contribution in [0.15, 0.2) is 30.0 Å². The maximum Gasteiger partial charge on any atom is 0.171 e. The zero-order valence-corrected chi connectivity index (χ0v) is 13.7. The van der Waals surface area contributed by atoms with Gasteiger partial charge in [-0.1, -0.05) is 43.7 Å². The van der Waals surface area contributed by atoms with Crippen molar-refractivity contribution in [1.29, 1.82) is 0 Å². The molecule has 0 heterocycles. The lowest BCUT2D eigenvalue weighted by Crippen LogP contribution is -2.13. The summed E-state index contributed by atoms with van der Waals surface area (Å²) in [5.74, 6) is 0.306. The second-order valence-electron chi connectivity index (χ2n) is 6.66. The number of rotatable bonds is 3. The molecule has 22 heavy (non-hydrogen) atoms. The Bertz CT molecular complexity index is 669. The molecule has 2 nitrogen and oxygen atoms in total. The maximum absolute atomic E-state index is 12.9. The molecule has 1 saturated carbocycles. The number of allylic oxidation sites excluding steroid dienone is 3. The number of aryl methyl sites for hydroxylation is 3. The van der Waals surface area contributed by atoms with Crippen LogP contribution in [0.4, 0.5) is 0 Å². The number of aliphatic hydroxyl groups excluding tert-OH is 1. The zero-order valence-electron chi connectivity index (χ0n) is 13.7. The van der Waals surface area contributed by atoms with Crippen LogP contribution in [-0.4, -0.2) is 10.9 Å². The zero-order chi connectivity index (χ0) is 16.0. The summed E-state index contributed by atoms with van der Waals surface area (Å²) in [7, 11) is 0. The lowest BCUT2D eigenvalue weighted by molar-refractivity contribution is -0.117. The van der Waals surface area contributed by atoms with E-state index in [1.807, 2.05) is 0 Å². The van der Waals surface area contributed by atoms with Crippen LogP contribution in [0, 0.1) is 18.8 Å². The van der Waals surface area contributed by atoms with Crippen molar-refractivity contribution in [2.75, 3.05) is 0 Å². The molecule has 116 valence electrons. The third-order valence-electron chi connectivity index (χ3n) is 5.15. The molecule has 1 aromatic rings. The number of fused-ring (bicyclic) bond motifs is 1. The van der Waals surface area contributed by atoms with E-state index in [1.165, 1.54) is 16.7 Å². The minimum atomic E-state index is -0.0850. The molecule has 2 aliphatic rings. The smallest absolute Gasteiger partial charge is 0.171 e. The molecule has 0 amide bonds. The van der Waals surface area contributed by atoms with Gasteiger partial charge in [-0.15, -0.1) is 0 Å². The number of hydrogen-bond acceptors (Lipinski definition) is 2. The highest BCUT2D eigenvalue weighted by Gasteiger charge is 2.47. The predicted molar refractivity (Wildman–Crippen MR) is 89.8 cm³/mol. The summed E-state index contributed by atoms with van der Waals surface area (Å²) in [5, 5.41) is 10.7. The van der Waals surface area contributed by atoms with Gasteiger partial charge in [-0.3, -0.25) is 4.79 Å². The first kappa shape index (κ1) is 15.1. The Morgan fingerprint density at radius 3 is 2.18 bits per heavy atom. The largest absolute Gasteiger partial charge is 0.511 e. The van der Waals surface area contributed by atoms with Crippen molar-refractivity contribution in [2.24, 2.45) is 11.8 Å². The monoisotopic (exact) mass is 296 g/mol. The van der Waals surface area contributed by atoms with E-state index in [9.17, 15) is 9.90 Å². The van der Waals surface area contributed by atoms with Gasteiger partial charge in [-0.05, 0) is 49.3 Å². The molecule has 2 aliphatic carbocycles. The van der Waals surface area contributed by atoms with Crippen molar-refractivity contribution in [3.63, 3.8) is 0 Å². The van der Waals surface area contributed by atoms with Crippen LogP contribution < -0.4 is 0 Å². The number of Topliss-reactive ketones (excluding diaryl/α,β-unsaturated/α-hetero) is 1. The third kappa shape index (κ3) is 2.13. The van der Waals surface area contributed by atoms with Gasteiger partial charge in [0.25, 0.3) is 0 Å². The Kier molecular flexibility index (Phi) is 3.72. The molecule has 1 fully saturated rings. The van der Waals surface area contributed by atoms with Crippen LogP contribution in [0.2, 0.25) is 0 Å². The lowest BCUT2D eigenvalue weighted by atomic mass is 9.87. The van der Waals surface area contributed by atoms with Gasteiger partial charge in [-0.2, -0.15) is 0 Å². The van der Waals surface area contributed by atoms with E-state index in [-0.39, 0.29) is 17.6 Å². The molecule has 2 atom stereocenters. The fraction of sp³-hybridized carbons (Fsp3) is 0.450. The van der Waals surface area contributed by atoms with Crippen LogP contribution in [0.5, 0.6) is 0 Å². The summed E-state index contributed by atoms with van der Waals surface area (Å²) in [6, 6.07) is 4.30. The van der Waals surface area contributed by atoms with Crippen molar-refractivity contribution < 1.29 is 9.90 Å². The first-order valence-corrected chi connectivity index (χ1v) is 8.24. The summed E-state index contributed by atoms with van der Waals surface area (Å²) in [6.45, 7) is 10.3. The van der Waals surface area contributed by atoms with Gasteiger partial charge in [0.15, 0.2) is 5.78 Å². The number of aliphatic hydroxyl groups is 1. The molecule has 0 saturated heterocycles. The van der Waals surface area contributed by atoms with Gasteiger partial charge in [-0.25, -0.2) is 0 Å². The molecule has 1 aromatic carbocycles. The van der Waals surface area contributed by atoms with Crippen molar-refractivity contribution in [3.8, 4) is 0 Å². The van der Waals surface area contributed by atoms with E-state index in [0.717, 1.165) is 36.8 Å². The quantitative estimate of drug-likeness (QED) is 0.831. The highest BCUT2D eigenvalue weighted by atomic mass is 16.3. The molecule has 0 aliphatic heterocycles. The van der Waals surface area contributed by atoms with Crippen LogP contribution in [-0.2, 0) is 17.6 Å². The van der Waals surface area contributed by atoms with Crippen molar-refractivity contribution in [2.45, 2.75) is 46.5 Å². The molecule has 3 rings (SSSR count). The normalized spacial score (nSPS) is 24.3. The molecule has 1 N–H and O–H groups in total. The van der Waals surface area contributed by atoms with E-state index >= 15 is 0 Å². The van der Waals surface area contributed by atoms with Gasteiger partial charge < -0.3 is 5.11 Å². The minimum absolute atomic E-state index is 0.0364. The lowest BCUT2D eigenvalue weighted by Gasteiger charge is -2.16. The van der Waals surface area contributed by atoms with E-state index in [1.54, 1.807) is 0 Å². The summed E-state index contributed by atoms with van der Waals surface area (Å²) in [4.78, 5) is 12.9. The highest BCUT2D eigenvalue weighted by molar-refractivity contribution is 6.25. The molecule has 2 unspecified atom stereocenters. The van der Waals surface area contributed by atoms with Crippen molar-refractivity contribution in [1.82, 2.24) is 0 Å². The summed E-state index contributed by atoms with van der Waals surface area (Å²) in [6.07, 6.45) is 3.22. The van der Waals surface area contributed by atoms with Gasteiger partial charge in [0.2, 0.25) is 0 Å². The van der Waals surface area contributed by atoms with Crippen LogP contribution in [0.3, 0.4) is 0 Å². The number of hydrogen-bond donors (Lipinski definition) is 1. The Morgan fingerprint density at radius 1 is 1.14 bits per heavy atom.